The molecule has 1 saturated heterocycles. The van der Waals surface area contributed by atoms with Crippen LogP contribution in [-0.4, -0.2) is 47.1 Å². The van der Waals surface area contributed by atoms with E-state index in [9.17, 15) is 4.79 Å². The zero-order valence-corrected chi connectivity index (χ0v) is 16.9. The van der Waals surface area contributed by atoms with E-state index in [1.54, 1.807) is 0 Å². The molecule has 3 heterocycles. The predicted octanol–water partition coefficient (Wildman–Crippen LogP) is 3.58. The fourth-order valence-corrected chi connectivity index (χ4v) is 4.18. The Kier molecular flexibility index (Phi) is 5.46. The fraction of sp³-hybridized carbons (Fsp3) is 0.500. The Labute approximate surface area is 167 Å². The van der Waals surface area contributed by atoms with Gasteiger partial charge in [0.05, 0.1) is 5.69 Å². The number of amides is 2. The van der Waals surface area contributed by atoms with Crippen molar-refractivity contribution in [3.8, 4) is 0 Å². The van der Waals surface area contributed by atoms with Crippen molar-refractivity contribution in [3.63, 3.8) is 0 Å². The van der Waals surface area contributed by atoms with Crippen LogP contribution in [-0.2, 0) is 19.3 Å². The molecule has 0 atom stereocenters. The zero-order valence-electron chi connectivity index (χ0n) is 16.9. The minimum atomic E-state index is -0.0286. The lowest BCUT2D eigenvalue weighted by Gasteiger charge is -2.21. The van der Waals surface area contributed by atoms with E-state index in [4.69, 9.17) is 9.97 Å². The number of carbonyl (C=O) groups is 1. The minimum Gasteiger partial charge on any atom is -0.341 e. The molecule has 0 saturated carbocycles. The van der Waals surface area contributed by atoms with E-state index in [0.717, 1.165) is 60.9 Å². The number of carbonyl (C=O) groups excluding carboxylic acids is 1. The predicted molar refractivity (Wildman–Crippen MR) is 112 cm³/mol. The summed E-state index contributed by atoms with van der Waals surface area (Å²) in [5, 5.41) is 3.10. The van der Waals surface area contributed by atoms with E-state index in [-0.39, 0.29) is 6.03 Å². The third-order valence-electron chi connectivity index (χ3n) is 5.85. The number of benzene rings is 1. The van der Waals surface area contributed by atoms with Crippen LogP contribution in [0.1, 0.15) is 42.3 Å². The van der Waals surface area contributed by atoms with Crippen molar-refractivity contribution >= 4 is 17.7 Å². The molecule has 0 bridgehead atoms. The third-order valence-corrected chi connectivity index (χ3v) is 5.85. The highest BCUT2D eigenvalue weighted by Gasteiger charge is 2.24. The van der Waals surface area contributed by atoms with Crippen LogP contribution in [0.3, 0.4) is 0 Å². The summed E-state index contributed by atoms with van der Waals surface area (Å²) in [4.78, 5) is 26.7. The van der Waals surface area contributed by atoms with Gasteiger partial charge in [-0.25, -0.2) is 14.8 Å². The summed E-state index contributed by atoms with van der Waals surface area (Å²) in [6.07, 6.45) is 4.92. The van der Waals surface area contributed by atoms with Crippen LogP contribution in [0.2, 0.25) is 0 Å². The topological polar surface area (TPSA) is 61.4 Å². The summed E-state index contributed by atoms with van der Waals surface area (Å²) in [6, 6.07) is 7.98. The molecule has 1 fully saturated rings. The molecule has 2 aliphatic heterocycles. The largest absolute Gasteiger partial charge is 0.341 e. The summed E-state index contributed by atoms with van der Waals surface area (Å²) in [7, 11) is 0. The lowest BCUT2D eigenvalue weighted by molar-refractivity contribution is 0.214. The van der Waals surface area contributed by atoms with Crippen LogP contribution in [0, 0.1) is 6.92 Å². The summed E-state index contributed by atoms with van der Waals surface area (Å²) in [5.41, 5.74) is 5.45. The van der Waals surface area contributed by atoms with E-state index in [1.165, 1.54) is 18.4 Å². The van der Waals surface area contributed by atoms with Crippen molar-refractivity contribution in [2.45, 2.75) is 46.0 Å². The van der Waals surface area contributed by atoms with Gasteiger partial charge in [0, 0.05) is 44.0 Å². The van der Waals surface area contributed by atoms with Gasteiger partial charge < -0.3 is 15.1 Å². The van der Waals surface area contributed by atoms with Gasteiger partial charge in [0.1, 0.15) is 0 Å². The molecule has 6 heteroatoms. The number of nitrogens with one attached hydrogen (secondary N) is 1. The number of urea groups is 1. The number of aromatic nitrogens is 2. The lowest BCUT2D eigenvalue weighted by atomic mass is 10.1. The van der Waals surface area contributed by atoms with Crippen molar-refractivity contribution in [2.24, 2.45) is 0 Å². The highest BCUT2D eigenvalue weighted by atomic mass is 16.2. The van der Waals surface area contributed by atoms with Gasteiger partial charge in [-0.3, -0.25) is 0 Å². The van der Waals surface area contributed by atoms with Crippen LogP contribution in [0.5, 0.6) is 0 Å². The molecule has 2 aliphatic rings. The molecular formula is C22H29N5O. The maximum atomic E-state index is 12.9. The van der Waals surface area contributed by atoms with Crippen LogP contribution in [0.4, 0.5) is 16.4 Å². The SMILES string of the molecule is CCc1ccccc1NC(=O)N1CCc2nc(N3CCCC3)nc(C)c2CC1. The van der Waals surface area contributed by atoms with E-state index >= 15 is 0 Å². The highest BCUT2D eigenvalue weighted by Crippen LogP contribution is 2.23. The van der Waals surface area contributed by atoms with Gasteiger partial charge in [-0.2, -0.15) is 0 Å². The van der Waals surface area contributed by atoms with Crippen molar-refractivity contribution < 1.29 is 4.79 Å². The Morgan fingerprint density at radius 1 is 1.07 bits per heavy atom. The minimum absolute atomic E-state index is 0.0286. The van der Waals surface area contributed by atoms with Gasteiger partial charge in [0.15, 0.2) is 0 Å². The summed E-state index contributed by atoms with van der Waals surface area (Å²) in [6.45, 7) is 7.65. The van der Waals surface area contributed by atoms with Crippen molar-refractivity contribution in [1.29, 1.82) is 0 Å². The molecule has 1 aromatic carbocycles. The number of fused-ring (bicyclic) bond motifs is 1. The first-order valence-corrected chi connectivity index (χ1v) is 10.4. The van der Waals surface area contributed by atoms with E-state index < -0.39 is 0 Å². The molecule has 4 rings (SSSR count). The molecule has 1 N–H and O–H groups in total. The van der Waals surface area contributed by atoms with E-state index in [1.807, 2.05) is 23.1 Å². The molecule has 0 radical (unpaired) electrons. The molecule has 28 heavy (non-hydrogen) atoms. The molecule has 6 nitrogen and oxygen atoms in total. The van der Waals surface area contributed by atoms with Crippen molar-refractivity contribution in [1.82, 2.24) is 14.9 Å². The Morgan fingerprint density at radius 3 is 2.61 bits per heavy atom. The number of nitrogens with zero attached hydrogens (tertiary/aromatic N) is 4. The molecule has 0 aliphatic carbocycles. The van der Waals surface area contributed by atoms with Crippen LogP contribution in [0.25, 0.3) is 0 Å². The summed E-state index contributed by atoms with van der Waals surface area (Å²) >= 11 is 0. The normalized spacial score (nSPS) is 16.6. The van der Waals surface area contributed by atoms with Crippen LogP contribution >= 0.6 is 0 Å². The Balaban J connectivity index is 1.48. The van der Waals surface area contributed by atoms with Gasteiger partial charge >= 0.3 is 6.03 Å². The maximum absolute atomic E-state index is 12.9. The monoisotopic (exact) mass is 379 g/mol. The quantitative estimate of drug-likeness (QED) is 0.885. The first-order chi connectivity index (χ1) is 13.7. The molecule has 2 amide bonds. The highest BCUT2D eigenvalue weighted by molar-refractivity contribution is 5.90. The van der Waals surface area contributed by atoms with Gasteiger partial charge in [0.2, 0.25) is 5.95 Å². The Bertz CT molecular complexity index is 860. The van der Waals surface area contributed by atoms with Crippen LogP contribution in [0.15, 0.2) is 24.3 Å². The maximum Gasteiger partial charge on any atom is 0.321 e. The van der Waals surface area contributed by atoms with Gasteiger partial charge in [-0.05, 0) is 49.8 Å². The molecular weight excluding hydrogens is 350 g/mol. The number of hydrogen-bond acceptors (Lipinski definition) is 4. The lowest BCUT2D eigenvalue weighted by Crippen LogP contribution is -2.37. The average molecular weight is 380 g/mol. The van der Waals surface area contributed by atoms with E-state index in [0.29, 0.717) is 13.1 Å². The Morgan fingerprint density at radius 2 is 1.82 bits per heavy atom. The van der Waals surface area contributed by atoms with Gasteiger partial charge in [-0.15, -0.1) is 0 Å². The fourth-order valence-electron chi connectivity index (χ4n) is 4.18. The van der Waals surface area contributed by atoms with E-state index in [2.05, 4.69) is 30.1 Å². The van der Waals surface area contributed by atoms with Gasteiger partial charge in [-0.1, -0.05) is 25.1 Å². The first kappa shape index (κ1) is 18.7. The molecule has 2 aromatic rings. The number of hydrogen-bond donors (Lipinski definition) is 1. The first-order valence-electron chi connectivity index (χ1n) is 10.4. The molecule has 148 valence electrons. The van der Waals surface area contributed by atoms with Gasteiger partial charge in [0.25, 0.3) is 0 Å². The summed E-state index contributed by atoms with van der Waals surface area (Å²) in [5.74, 6) is 0.864. The summed E-state index contributed by atoms with van der Waals surface area (Å²) < 4.78 is 0. The zero-order chi connectivity index (χ0) is 19.5. The number of anilines is 2. The number of para-hydroxylation sites is 1. The number of aryl methyl sites for hydroxylation is 2. The average Bonchev–Trinajstić information content (AvgIpc) is 3.15. The molecule has 0 spiro atoms. The molecule has 0 unspecified atom stereocenters. The molecule has 1 aromatic heterocycles. The standard InChI is InChI=1S/C22H29N5O/c1-3-17-8-4-5-9-19(17)25-22(28)27-14-10-18-16(2)23-21(24-20(18)11-15-27)26-12-6-7-13-26/h4-5,8-9H,3,6-7,10-15H2,1-2H3,(H,25,28). The Hall–Kier alpha value is -2.63. The second-order valence-electron chi connectivity index (χ2n) is 7.66. The van der Waals surface area contributed by atoms with Crippen LogP contribution < -0.4 is 10.2 Å². The third kappa shape index (κ3) is 3.81. The second kappa shape index (κ2) is 8.17. The number of rotatable bonds is 3. The van der Waals surface area contributed by atoms with Crippen molar-refractivity contribution in [2.75, 3.05) is 36.4 Å². The van der Waals surface area contributed by atoms with Crippen molar-refractivity contribution in [3.05, 3.63) is 46.8 Å². The second-order valence-corrected chi connectivity index (χ2v) is 7.66. The smallest absolute Gasteiger partial charge is 0.321 e.